The summed E-state index contributed by atoms with van der Waals surface area (Å²) >= 11 is 12.7. The summed E-state index contributed by atoms with van der Waals surface area (Å²) in [5.74, 6) is -0.105. The molecule has 2 fully saturated rings. The lowest BCUT2D eigenvalue weighted by molar-refractivity contribution is -0.187. The van der Waals surface area contributed by atoms with Gasteiger partial charge in [0.15, 0.2) is 0 Å². The topological polar surface area (TPSA) is 69.1 Å². The first-order valence-corrected chi connectivity index (χ1v) is 13.1. The molecule has 3 heterocycles. The highest BCUT2D eigenvalue weighted by atomic mass is 35.5. The van der Waals surface area contributed by atoms with E-state index < -0.39 is 5.79 Å². The van der Waals surface area contributed by atoms with Gasteiger partial charge in [-0.05, 0) is 36.4 Å². The van der Waals surface area contributed by atoms with Gasteiger partial charge in [-0.1, -0.05) is 29.3 Å². The van der Waals surface area contributed by atoms with Crippen LogP contribution >= 0.6 is 23.2 Å². The second-order valence-electron chi connectivity index (χ2n) is 9.29. The van der Waals surface area contributed by atoms with Crippen molar-refractivity contribution in [1.29, 1.82) is 0 Å². The molecule has 10 heteroatoms. The summed E-state index contributed by atoms with van der Waals surface area (Å²) in [6, 6.07) is 13.4. The first kappa shape index (κ1) is 25.9. The number of anilines is 1. The highest BCUT2D eigenvalue weighted by molar-refractivity contribution is 6.35. The highest BCUT2D eigenvalue weighted by Gasteiger charge is 2.45. The summed E-state index contributed by atoms with van der Waals surface area (Å²) in [4.78, 5) is 19.9. The van der Waals surface area contributed by atoms with Crippen molar-refractivity contribution >= 4 is 34.8 Å². The van der Waals surface area contributed by atoms with E-state index in [4.69, 9.17) is 37.4 Å². The molecule has 2 saturated heterocycles. The summed E-state index contributed by atoms with van der Waals surface area (Å²) in [5.41, 5.74) is 1.86. The van der Waals surface area contributed by atoms with E-state index in [0.717, 1.165) is 43.2 Å². The van der Waals surface area contributed by atoms with Gasteiger partial charge in [-0.2, -0.15) is 0 Å². The molecule has 5 rings (SSSR count). The molecule has 1 amide bonds. The Bertz CT molecular complexity index is 1200. The summed E-state index contributed by atoms with van der Waals surface area (Å²) in [7, 11) is 0. The normalized spacial score (nSPS) is 21.9. The molecule has 0 bridgehead atoms. The first-order valence-electron chi connectivity index (χ1n) is 12.4. The van der Waals surface area contributed by atoms with Crippen LogP contribution in [0.1, 0.15) is 18.9 Å². The largest absolute Gasteiger partial charge is 0.493 e. The summed E-state index contributed by atoms with van der Waals surface area (Å²) in [5, 5.41) is 1.05. The zero-order chi connectivity index (χ0) is 25.8. The van der Waals surface area contributed by atoms with Crippen LogP contribution in [0, 0.1) is 0 Å². The van der Waals surface area contributed by atoms with Crippen molar-refractivity contribution in [1.82, 2.24) is 14.5 Å². The maximum Gasteiger partial charge on any atom is 0.219 e. The fourth-order valence-corrected chi connectivity index (χ4v) is 5.33. The van der Waals surface area contributed by atoms with Crippen molar-refractivity contribution in [2.75, 3.05) is 44.3 Å². The molecule has 2 atom stereocenters. The van der Waals surface area contributed by atoms with Crippen LogP contribution in [0.4, 0.5) is 5.69 Å². The lowest BCUT2D eigenvalue weighted by Crippen LogP contribution is -2.48. The molecule has 0 aliphatic carbocycles. The van der Waals surface area contributed by atoms with Crippen LogP contribution in [0.3, 0.4) is 0 Å². The predicted molar refractivity (Wildman–Crippen MR) is 142 cm³/mol. The van der Waals surface area contributed by atoms with Crippen LogP contribution in [0.25, 0.3) is 0 Å². The molecule has 0 spiro atoms. The number of amides is 1. The van der Waals surface area contributed by atoms with E-state index in [-0.39, 0.29) is 12.0 Å². The third-order valence-corrected chi connectivity index (χ3v) is 7.33. The fourth-order valence-electron chi connectivity index (χ4n) is 4.78. The number of rotatable bonds is 8. The number of hydrogen-bond acceptors (Lipinski definition) is 6. The molecule has 0 N–H and O–H groups in total. The molecule has 2 aliphatic heterocycles. The van der Waals surface area contributed by atoms with Gasteiger partial charge >= 0.3 is 0 Å². The van der Waals surface area contributed by atoms with Gasteiger partial charge in [0.1, 0.15) is 5.75 Å². The monoisotopic (exact) mass is 544 g/mol. The average Bonchev–Trinajstić information content (AvgIpc) is 3.55. The number of hydrogen-bond donors (Lipinski definition) is 0. The van der Waals surface area contributed by atoms with Gasteiger partial charge in [0.2, 0.25) is 11.7 Å². The number of benzene rings is 2. The van der Waals surface area contributed by atoms with E-state index in [9.17, 15) is 4.79 Å². The lowest BCUT2D eigenvalue weighted by Gasteiger charge is -2.35. The summed E-state index contributed by atoms with van der Waals surface area (Å²) in [6.45, 7) is 6.10. The maximum absolute atomic E-state index is 11.5. The van der Waals surface area contributed by atoms with E-state index in [1.807, 2.05) is 33.9 Å². The van der Waals surface area contributed by atoms with Gasteiger partial charge in [-0.3, -0.25) is 4.79 Å². The van der Waals surface area contributed by atoms with E-state index in [0.29, 0.717) is 36.2 Å². The van der Waals surface area contributed by atoms with Gasteiger partial charge in [0.05, 0.1) is 37.2 Å². The van der Waals surface area contributed by atoms with Crippen LogP contribution in [-0.2, 0) is 26.6 Å². The van der Waals surface area contributed by atoms with Crippen LogP contribution in [0.2, 0.25) is 10.0 Å². The Morgan fingerprint density at radius 1 is 1.14 bits per heavy atom. The molecule has 8 nitrogen and oxygen atoms in total. The van der Waals surface area contributed by atoms with Crippen molar-refractivity contribution in [3.8, 4) is 5.75 Å². The smallest absolute Gasteiger partial charge is 0.219 e. The first-order chi connectivity index (χ1) is 17.9. The SMILES string of the molecule is CC(=O)N1CCN(c2ccc(OCCC3COC(Cn4ccnc4)(c4ccc(Cl)cc4Cl)O3)cc2)CC1. The summed E-state index contributed by atoms with van der Waals surface area (Å²) < 4.78 is 20.7. The Hall–Kier alpha value is -2.78. The maximum atomic E-state index is 11.5. The van der Waals surface area contributed by atoms with Gasteiger partial charge in [-0.15, -0.1) is 0 Å². The second kappa shape index (κ2) is 11.3. The molecule has 37 heavy (non-hydrogen) atoms. The Morgan fingerprint density at radius 2 is 1.92 bits per heavy atom. The number of halogens is 2. The van der Waals surface area contributed by atoms with Crippen molar-refractivity contribution in [2.45, 2.75) is 31.8 Å². The Morgan fingerprint density at radius 3 is 2.59 bits per heavy atom. The molecule has 2 unspecified atom stereocenters. The number of aromatic nitrogens is 2. The zero-order valence-corrected chi connectivity index (χ0v) is 22.2. The minimum atomic E-state index is -1.04. The molecule has 2 aliphatic rings. The molecule has 3 aromatic rings. The number of ether oxygens (including phenoxy) is 3. The zero-order valence-electron chi connectivity index (χ0n) is 20.7. The van der Waals surface area contributed by atoms with Crippen molar-refractivity contribution in [3.63, 3.8) is 0 Å². The van der Waals surface area contributed by atoms with Crippen molar-refractivity contribution in [3.05, 3.63) is 76.8 Å². The minimum absolute atomic E-state index is 0.135. The van der Waals surface area contributed by atoms with Gasteiger partial charge in [0, 0.05) is 68.2 Å². The van der Waals surface area contributed by atoms with Crippen LogP contribution in [0.5, 0.6) is 5.75 Å². The molecule has 2 aromatic carbocycles. The van der Waals surface area contributed by atoms with E-state index in [1.54, 1.807) is 31.6 Å². The number of carbonyl (C=O) groups excluding carboxylic acids is 1. The average molecular weight is 545 g/mol. The van der Waals surface area contributed by atoms with Crippen molar-refractivity contribution < 1.29 is 19.0 Å². The van der Waals surface area contributed by atoms with Gasteiger partial charge < -0.3 is 28.6 Å². The standard InChI is InChI=1S/C27H30Cl2N4O4/c1-20(34)32-11-13-33(14-12-32)22-3-5-23(6-4-22)35-15-8-24-17-36-27(37-24,18-31-10-9-30-19-31)25-7-2-21(28)16-26(25)29/h2-7,9-10,16,19,24H,8,11-15,17-18H2,1H3. The van der Waals surface area contributed by atoms with E-state index in [1.165, 1.54) is 0 Å². The Kier molecular flexibility index (Phi) is 7.90. The molecule has 1 aromatic heterocycles. The van der Waals surface area contributed by atoms with E-state index >= 15 is 0 Å². The number of imidazole rings is 1. The number of piperazine rings is 1. The number of carbonyl (C=O) groups is 1. The quantitative estimate of drug-likeness (QED) is 0.413. The second-order valence-corrected chi connectivity index (χ2v) is 10.1. The van der Waals surface area contributed by atoms with Crippen LogP contribution < -0.4 is 9.64 Å². The third kappa shape index (κ3) is 6.04. The molecule has 196 valence electrons. The number of nitrogens with zero attached hydrogens (tertiary/aromatic N) is 4. The molecule has 0 radical (unpaired) electrons. The van der Waals surface area contributed by atoms with Crippen LogP contribution in [0.15, 0.2) is 61.2 Å². The fraction of sp³-hybridized carbons (Fsp3) is 0.407. The van der Waals surface area contributed by atoms with Gasteiger partial charge in [0.25, 0.3) is 0 Å². The molecular weight excluding hydrogens is 515 g/mol. The Balaban J connectivity index is 1.17. The Labute approximate surface area is 226 Å². The van der Waals surface area contributed by atoms with Crippen LogP contribution in [-0.4, -0.2) is 65.9 Å². The van der Waals surface area contributed by atoms with Gasteiger partial charge in [-0.25, -0.2) is 4.98 Å². The van der Waals surface area contributed by atoms with E-state index in [2.05, 4.69) is 22.0 Å². The van der Waals surface area contributed by atoms with Crippen molar-refractivity contribution in [2.24, 2.45) is 0 Å². The predicted octanol–water partition coefficient (Wildman–Crippen LogP) is 4.60. The highest BCUT2D eigenvalue weighted by Crippen LogP contribution is 2.41. The minimum Gasteiger partial charge on any atom is -0.493 e. The third-order valence-electron chi connectivity index (χ3n) is 6.79. The summed E-state index contributed by atoms with van der Waals surface area (Å²) in [6.07, 6.45) is 5.80. The lowest BCUT2D eigenvalue weighted by atomic mass is 10.1. The molecular formula is C27H30Cl2N4O4. The molecule has 0 saturated carbocycles.